The maximum absolute atomic E-state index is 11.4. The number of ether oxygens (including phenoxy) is 5. The van der Waals surface area contributed by atoms with Gasteiger partial charge in [0.1, 0.15) is 18.5 Å². The van der Waals surface area contributed by atoms with Crippen molar-refractivity contribution >= 4 is 12.3 Å². The van der Waals surface area contributed by atoms with E-state index in [1.54, 1.807) is 0 Å². The van der Waals surface area contributed by atoms with Gasteiger partial charge in [0.05, 0.1) is 52.7 Å². The van der Waals surface area contributed by atoms with Crippen LogP contribution >= 0.6 is 0 Å². The van der Waals surface area contributed by atoms with E-state index in [-0.39, 0.29) is 19.0 Å². The van der Waals surface area contributed by atoms with Crippen molar-refractivity contribution in [2.45, 2.75) is 32.8 Å². The van der Waals surface area contributed by atoms with Crippen LogP contribution in [-0.2, 0) is 33.3 Å². The summed E-state index contributed by atoms with van der Waals surface area (Å²) in [6.45, 7) is 8.53. The number of carbonyl (C=O) groups is 2. The molecule has 7 heteroatoms. The molecule has 0 aliphatic rings. The molecule has 0 spiro atoms. The van der Waals surface area contributed by atoms with Gasteiger partial charge in [0.15, 0.2) is 0 Å². The fraction of sp³-hybridized carbons (Fsp3) is 0.867. The normalized spacial score (nSPS) is 11.4. The second-order valence-electron chi connectivity index (χ2n) is 5.42. The van der Waals surface area contributed by atoms with E-state index in [1.165, 1.54) is 0 Å². The number of rotatable bonds is 14. The van der Waals surface area contributed by atoms with Gasteiger partial charge in [-0.25, -0.2) is 0 Å². The van der Waals surface area contributed by atoms with Crippen LogP contribution in [0.15, 0.2) is 0 Å². The van der Waals surface area contributed by atoms with Crippen molar-refractivity contribution < 1.29 is 33.3 Å². The number of esters is 1. The lowest BCUT2D eigenvalue weighted by molar-refractivity contribution is -0.156. The van der Waals surface area contributed by atoms with Crippen LogP contribution in [0.2, 0.25) is 0 Å². The van der Waals surface area contributed by atoms with Gasteiger partial charge in [0, 0.05) is 0 Å². The number of hydrogen-bond acceptors (Lipinski definition) is 7. The molecule has 0 atom stereocenters. The fourth-order valence-corrected chi connectivity index (χ4v) is 1.34. The van der Waals surface area contributed by atoms with Crippen molar-refractivity contribution in [3.63, 3.8) is 0 Å². The molecule has 22 heavy (non-hydrogen) atoms. The first-order chi connectivity index (χ1) is 10.5. The second kappa shape index (κ2) is 13.6. The minimum Gasteiger partial charge on any atom is -0.460 e. The monoisotopic (exact) mass is 320 g/mol. The molecule has 0 N–H and O–H groups in total. The van der Waals surface area contributed by atoms with Gasteiger partial charge in [-0.05, 0) is 20.8 Å². The summed E-state index contributed by atoms with van der Waals surface area (Å²) in [5, 5.41) is 0. The van der Waals surface area contributed by atoms with Crippen LogP contribution in [0.1, 0.15) is 27.2 Å². The van der Waals surface area contributed by atoms with E-state index in [4.69, 9.17) is 23.7 Å². The first-order valence-electron chi connectivity index (χ1n) is 7.42. The Morgan fingerprint density at radius 2 is 1.27 bits per heavy atom. The van der Waals surface area contributed by atoms with Crippen LogP contribution in [0.5, 0.6) is 0 Å². The summed E-state index contributed by atoms with van der Waals surface area (Å²) >= 11 is 0. The Balaban J connectivity index is 3.17. The average Bonchev–Trinajstić information content (AvgIpc) is 2.42. The predicted molar refractivity (Wildman–Crippen MR) is 79.8 cm³/mol. The number of hydrogen-bond donors (Lipinski definition) is 0. The highest BCUT2D eigenvalue weighted by atomic mass is 16.6. The molecule has 0 unspecified atom stereocenters. The van der Waals surface area contributed by atoms with Gasteiger partial charge in [-0.15, -0.1) is 0 Å². The van der Waals surface area contributed by atoms with E-state index in [0.29, 0.717) is 52.5 Å². The first-order valence-corrected chi connectivity index (χ1v) is 7.42. The Hall–Kier alpha value is -1.02. The van der Waals surface area contributed by atoms with Crippen molar-refractivity contribution in [1.82, 2.24) is 0 Å². The summed E-state index contributed by atoms with van der Waals surface area (Å²) < 4.78 is 25.8. The molecular formula is C15H28O7. The summed E-state index contributed by atoms with van der Waals surface area (Å²) in [5.41, 5.74) is -0.460. The molecule has 0 amide bonds. The van der Waals surface area contributed by atoms with E-state index >= 15 is 0 Å². The van der Waals surface area contributed by atoms with Gasteiger partial charge in [0.2, 0.25) is 0 Å². The lowest BCUT2D eigenvalue weighted by Gasteiger charge is -2.19. The molecule has 0 saturated heterocycles. The fourth-order valence-electron chi connectivity index (χ4n) is 1.34. The number of aldehydes is 1. The number of carbonyl (C=O) groups excluding carboxylic acids is 2. The Kier molecular flexibility index (Phi) is 13.0. The molecule has 7 nitrogen and oxygen atoms in total. The van der Waals surface area contributed by atoms with Gasteiger partial charge < -0.3 is 28.5 Å². The summed E-state index contributed by atoms with van der Waals surface area (Å²) in [6, 6.07) is 0. The summed E-state index contributed by atoms with van der Waals surface area (Å²) in [7, 11) is 0. The summed E-state index contributed by atoms with van der Waals surface area (Å²) in [5.74, 6) is -0.265. The minimum atomic E-state index is -0.460. The summed E-state index contributed by atoms with van der Waals surface area (Å²) in [6.07, 6.45) is 0.938. The van der Waals surface area contributed by atoms with Gasteiger partial charge in [0.25, 0.3) is 0 Å². The Labute approximate surface area is 132 Å². The minimum absolute atomic E-state index is 0.0977. The largest absolute Gasteiger partial charge is 0.460 e. The molecule has 0 aliphatic carbocycles. The Bertz CT molecular complexity index is 286. The van der Waals surface area contributed by atoms with Gasteiger partial charge >= 0.3 is 5.97 Å². The molecule has 0 bridgehead atoms. The molecule has 0 aromatic heterocycles. The first kappa shape index (κ1) is 21.0. The van der Waals surface area contributed by atoms with Crippen molar-refractivity contribution in [3.8, 4) is 0 Å². The van der Waals surface area contributed by atoms with Gasteiger partial charge in [-0.1, -0.05) is 0 Å². The van der Waals surface area contributed by atoms with E-state index < -0.39 is 5.60 Å². The zero-order chi connectivity index (χ0) is 16.7. The molecule has 0 radical (unpaired) electrons. The molecule has 0 aromatic carbocycles. The summed E-state index contributed by atoms with van der Waals surface area (Å²) in [4.78, 5) is 21.3. The third-order valence-electron chi connectivity index (χ3n) is 2.17. The standard InChI is InChI=1S/C15H28O7/c1-15(2,3)22-14(17)4-6-18-8-10-20-12-13-21-11-9-19-7-5-16/h5H,4,6-13H2,1-3H3. The van der Waals surface area contributed by atoms with E-state index in [1.807, 2.05) is 20.8 Å². The van der Waals surface area contributed by atoms with E-state index in [9.17, 15) is 9.59 Å². The lowest BCUT2D eigenvalue weighted by atomic mass is 10.2. The van der Waals surface area contributed by atoms with Crippen molar-refractivity contribution in [2.75, 3.05) is 52.9 Å². The molecule has 0 rings (SSSR count). The molecule has 130 valence electrons. The lowest BCUT2D eigenvalue weighted by Crippen LogP contribution is -2.24. The van der Waals surface area contributed by atoms with Crippen LogP contribution in [-0.4, -0.2) is 70.7 Å². The third-order valence-corrected chi connectivity index (χ3v) is 2.17. The maximum Gasteiger partial charge on any atom is 0.308 e. The van der Waals surface area contributed by atoms with Crippen molar-refractivity contribution in [1.29, 1.82) is 0 Å². The van der Waals surface area contributed by atoms with Crippen molar-refractivity contribution in [3.05, 3.63) is 0 Å². The topological polar surface area (TPSA) is 80.3 Å². The molecule has 0 heterocycles. The zero-order valence-electron chi connectivity index (χ0n) is 13.8. The SMILES string of the molecule is CC(C)(C)OC(=O)CCOCCOCCOCCOCC=O. The average molecular weight is 320 g/mol. The van der Waals surface area contributed by atoms with Gasteiger partial charge in [-0.3, -0.25) is 4.79 Å². The zero-order valence-corrected chi connectivity index (χ0v) is 13.8. The smallest absolute Gasteiger partial charge is 0.308 e. The second-order valence-corrected chi connectivity index (χ2v) is 5.42. The van der Waals surface area contributed by atoms with Crippen LogP contribution in [0.25, 0.3) is 0 Å². The molecular weight excluding hydrogens is 292 g/mol. The Morgan fingerprint density at radius 3 is 1.73 bits per heavy atom. The van der Waals surface area contributed by atoms with E-state index in [0.717, 1.165) is 0 Å². The Morgan fingerprint density at radius 1 is 0.818 bits per heavy atom. The highest BCUT2D eigenvalue weighted by molar-refractivity contribution is 5.69. The molecule has 0 aliphatic heterocycles. The highest BCUT2D eigenvalue weighted by Crippen LogP contribution is 2.07. The quantitative estimate of drug-likeness (QED) is 0.268. The van der Waals surface area contributed by atoms with Gasteiger partial charge in [-0.2, -0.15) is 0 Å². The van der Waals surface area contributed by atoms with Crippen molar-refractivity contribution in [2.24, 2.45) is 0 Å². The van der Waals surface area contributed by atoms with Crippen LogP contribution < -0.4 is 0 Å². The molecule has 0 aromatic rings. The van der Waals surface area contributed by atoms with Crippen LogP contribution in [0.3, 0.4) is 0 Å². The molecule has 0 saturated carbocycles. The van der Waals surface area contributed by atoms with E-state index in [2.05, 4.69) is 0 Å². The predicted octanol–water partition coefficient (Wildman–Crippen LogP) is 0.984. The third kappa shape index (κ3) is 17.0. The van der Waals surface area contributed by atoms with Crippen LogP contribution in [0, 0.1) is 0 Å². The molecule has 0 fully saturated rings. The highest BCUT2D eigenvalue weighted by Gasteiger charge is 2.15. The maximum atomic E-state index is 11.4. The van der Waals surface area contributed by atoms with Crippen LogP contribution in [0.4, 0.5) is 0 Å².